The zero-order valence-electron chi connectivity index (χ0n) is 11.2. The first-order chi connectivity index (χ1) is 9.97. The minimum Gasteiger partial charge on any atom is -0.263 e. The van der Waals surface area contributed by atoms with Crippen LogP contribution in [-0.2, 0) is 10.0 Å². The van der Waals surface area contributed by atoms with Crippen molar-refractivity contribution in [2.75, 3.05) is 0 Å². The average molecular weight is 324 g/mol. The van der Waals surface area contributed by atoms with Crippen LogP contribution in [0.4, 0.5) is 0 Å². The Labute approximate surface area is 125 Å². The van der Waals surface area contributed by atoms with Gasteiger partial charge in [0, 0.05) is 0 Å². The van der Waals surface area contributed by atoms with Crippen molar-refractivity contribution >= 4 is 32.8 Å². The van der Waals surface area contributed by atoms with E-state index in [2.05, 4.69) is 28.7 Å². The van der Waals surface area contributed by atoms with Crippen molar-refractivity contribution < 1.29 is 8.42 Å². The van der Waals surface area contributed by atoms with Crippen LogP contribution >= 0.6 is 11.7 Å². The van der Waals surface area contributed by atoms with Gasteiger partial charge >= 0.3 is 0 Å². The Kier molecular flexibility index (Phi) is 3.43. The monoisotopic (exact) mass is 324 g/mol. The summed E-state index contributed by atoms with van der Waals surface area (Å²) in [5, 5.41) is 6.64. The van der Waals surface area contributed by atoms with E-state index in [4.69, 9.17) is 0 Å². The third-order valence-electron chi connectivity index (χ3n) is 2.87. The van der Waals surface area contributed by atoms with Gasteiger partial charge in [0.2, 0.25) is 10.0 Å². The van der Waals surface area contributed by atoms with Gasteiger partial charge in [-0.05, 0) is 26.0 Å². The summed E-state index contributed by atoms with van der Waals surface area (Å²) in [4.78, 5) is 4.23. The Morgan fingerprint density at radius 3 is 2.86 bits per heavy atom. The van der Waals surface area contributed by atoms with Gasteiger partial charge in [0.25, 0.3) is 0 Å². The second-order valence-corrected chi connectivity index (χ2v) is 6.72. The van der Waals surface area contributed by atoms with Crippen LogP contribution in [0.25, 0.3) is 11.0 Å². The number of hydrogen-bond acceptors (Lipinski definition) is 7. The van der Waals surface area contributed by atoms with Crippen molar-refractivity contribution in [2.24, 2.45) is 0 Å². The predicted octanol–water partition coefficient (Wildman–Crippen LogP) is 1.16. The number of nitrogens with zero attached hydrogens (tertiary/aromatic N) is 4. The van der Waals surface area contributed by atoms with Gasteiger partial charge in [-0.2, -0.15) is 13.8 Å². The minimum atomic E-state index is -3.73. The quantitative estimate of drug-likeness (QED) is 0.744. The molecule has 1 aromatic carbocycles. The SMILES string of the molecule is Cc1nc([C@H](C)NS(=O)(=O)c2cccc3nsnc23)n[nH]1. The maximum absolute atomic E-state index is 12.5. The topological polar surface area (TPSA) is 114 Å². The van der Waals surface area contributed by atoms with Crippen LogP contribution in [-0.4, -0.2) is 32.3 Å². The molecule has 2 N–H and O–H groups in total. The summed E-state index contributed by atoms with van der Waals surface area (Å²) in [7, 11) is -3.73. The van der Waals surface area contributed by atoms with Crippen molar-refractivity contribution in [3.05, 3.63) is 29.8 Å². The Hall–Kier alpha value is -1.91. The van der Waals surface area contributed by atoms with Crippen molar-refractivity contribution in [2.45, 2.75) is 24.8 Å². The van der Waals surface area contributed by atoms with Gasteiger partial charge in [-0.25, -0.2) is 18.1 Å². The first kappa shape index (κ1) is 14.0. The van der Waals surface area contributed by atoms with E-state index in [1.165, 1.54) is 6.07 Å². The lowest BCUT2D eigenvalue weighted by atomic mass is 10.3. The van der Waals surface area contributed by atoms with E-state index in [0.717, 1.165) is 11.7 Å². The summed E-state index contributed by atoms with van der Waals surface area (Å²) in [6.07, 6.45) is 0. The summed E-state index contributed by atoms with van der Waals surface area (Å²) in [6.45, 7) is 3.43. The summed E-state index contributed by atoms with van der Waals surface area (Å²) in [5.41, 5.74) is 0.928. The van der Waals surface area contributed by atoms with E-state index in [9.17, 15) is 8.42 Å². The molecule has 8 nitrogen and oxygen atoms in total. The van der Waals surface area contributed by atoms with E-state index in [1.54, 1.807) is 26.0 Å². The van der Waals surface area contributed by atoms with Gasteiger partial charge in [-0.3, -0.25) is 5.10 Å². The lowest BCUT2D eigenvalue weighted by molar-refractivity contribution is 0.561. The molecule has 0 saturated carbocycles. The maximum Gasteiger partial charge on any atom is 0.243 e. The molecule has 110 valence electrons. The van der Waals surface area contributed by atoms with E-state index >= 15 is 0 Å². The first-order valence-electron chi connectivity index (χ1n) is 6.10. The van der Waals surface area contributed by atoms with Crippen LogP contribution in [0.5, 0.6) is 0 Å². The number of hydrogen-bond donors (Lipinski definition) is 2. The fourth-order valence-corrected chi connectivity index (χ4v) is 3.87. The summed E-state index contributed by atoms with van der Waals surface area (Å²) < 4.78 is 35.6. The van der Waals surface area contributed by atoms with Gasteiger partial charge in [0.1, 0.15) is 21.8 Å². The zero-order chi connectivity index (χ0) is 15.0. The molecule has 0 unspecified atom stereocenters. The number of nitrogens with one attached hydrogen (secondary N) is 2. The lowest BCUT2D eigenvalue weighted by Crippen LogP contribution is -2.27. The molecule has 0 aliphatic carbocycles. The lowest BCUT2D eigenvalue weighted by Gasteiger charge is -2.11. The van der Waals surface area contributed by atoms with Crippen LogP contribution in [0.15, 0.2) is 23.1 Å². The highest BCUT2D eigenvalue weighted by Crippen LogP contribution is 2.22. The van der Waals surface area contributed by atoms with Crippen LogP contribution in [0.1, 0.15) is 24.6 Å². The Morgan fingerprint density at radius 1 is 1.33 bits per heavy atom. The number of aromatic amines is 1. The molecule has 0 fully saturated rings. The minimum absolute atomic E-state index is 0.104. The number of fused-ring (bicyclic) bond motifs is 1. The van der Waals surface area contributed by atoms with E-state index < -0.39 is 16.1 Å². The van der Waals surface area contributed by atoms with Crippen molar-refractivity contribution in [3.8, 4) is 0 Å². The molecule has 3 aromatic rings. The molecule has 0 amide bonds. The highest BCUT2D eigenvalue weighted by Gasteiger charge is 2.23. The molecule has 2 heterocycles. The summed E-state index contributed by atoms with van der Waals surface area (Å²) in [5.74, 6) is 1.02. The smallest absolute Gasteiger partial charge is 0.243 e. The van der Waals surface area contributed by atoms with Gasteiger partial charge < -0.3 is 0 Å². The molecular formula is C11H12N6O2S2. The number of benzene rings is 1. The fraction of sp³-hybridized carbons (Fsp3) is 0.273. The normalized spacial score (nSPS) is 13.6. The molecule has 3 rings (SSSR count). The first-order valence-corrected chi connectivity index (χ1v) is 8.31. The highest BCUT2D eigenvalue weighted by atomic mass is 32.2. The van der Waals surface area contributed by atoms with Crippen LogP contribution in [0.3, 0.4) is 0 Å². The van der Waals surface area contributed by atoms with Crippen LogP contribution in [0.2, 0.25) is 0 Å². The fourth-order valence-electron chi connectivity index (χ4n) is 1.90. The summed E-state index contributed by atoms with van der Waals surface area (Å²) in [6, 6.07) is 4.31. The van der Waals surface area contributed by atoms with E-state index in [0.29, 0.717) is 22.7 Å². The number of sulfonamides is 1. The maximum atomic E-state index is 12.5. The third kappa shape index (κ3) is 2.64. The molecule has 0 radical (unpaired) electrons. The number of aryl methyl sites for hydroxylation is 1. The molecule has 0 spiro atoms. The van der Waals surface area contributed by atoms with Crippen LogP contribution < -0.4 is 4.72 Å². The highest BCUT2D eigenvalue weighted by molar-refractivity contribution is 7.89. The molecule has 0 aliphatic rings. The van der Waals surface area contributed by atoms with Crippen molar-refractivity contribution in [1.29, 1.82) is 0 Å². The van der Waals surface area contributed by atoms with Gasteiger partial charge in [-0.1, -0.05) is 6.07 Å². The molecule has 21 heavy (non-hydrogen) atoms. The molecule has 1 atom stereocenters. The van der Waals surface area contributed by atoms with Gasteiger partial charge in [0.15, 0.2) is 5.82 Å². The zero-order valence-corrected chi connectivity index (χ0v) is 12.9. The molecule has 0 bridgehead atoms. The van der Waals surface area contributed by atoms with E-state index in [-0.39, 0.29) is 4.90 Å². The second kappa shape index (κ2) is 5.13. The third-order valence-corrected chi connectivity index (χ3v) is 4.99. The Balaban J connectivity index is 1.95. The molecular weight excluding hydrogens is 312 g/mol. The number of rotatable bonds is 4. The van der Waals surface area contributed by atoms with Crippen molar-refractivity contribution in [1.82, 2.24) is 28.7 Å². The summed E-state index contributed by atoms with van der Waals surface area (Å²) >= 11 is 0.980. The number of H-pyrrole nitrogens is 1. The standard InChI is InChI=1S/C11H12N6O2S2/c1-6(11-12-7(2)13-14-11)17-21(18,19)9-5-3-4-8-10(9)16-20-15-8/h3-6,17H,1-2H3,(H,12,13,14)/t6-/m0/s1. The molecule has 0 aliphatic heterocycles. The van der Waals surface area contributed by atoms with Crippen LogP contribution in [0, 0.1) is 6.92 Å². The Morgan fingerprint density at radius 2 is 2.14 bits per heavy atom. The molecule has 10 heteroatoms. The van der Waals surface area contributed by atoms with E-state index in [1.807, 2.05) is 0 Å². The average Bonchev–Trinajstić information content (AvgIpc) is 3.05. The largest absolute Gasteiger partial charge is 0.263 e. The Bertz CT molecular complexity index is 885. The van der Waals surface area contributed by atoms with Crippen molar-refractivity contribution in [3.63, 3.8) is 0 Å². The number of aromatic nitrogens is 5. The molecule has 0 saturated heterocycles. The second-order valence-electron chi connectivity index (χ2n) is 4.51. The predicted molar refractivity (Wildman–Crippen MR) is 77.3 cm³/mol. The molecule has 2 aromatic heterocycles. The van der Waals surface area contributed by atoms with Gasteiger partial charge in [-0.15, -0.1) is 0 Å². The van der Waals surface area contributed by atoms with Gasteiger partial charge in [0.05, 0.1) is 17.8 Å².